The molecule has 0 aliphatic carbocycles. The Labute approximate surface area is 106 Å². The number of thioether (sulfide) groups is 1. The molecule has 0 aliphatic rings. The summed E-state index contributed by atoms with van der Waals surface area (Å²) in [6.07, 6.45) is 1.17. The van der Waals surface area contributed by atoms with E-state index in [9.17, 15) is 9.90 Å². The Hall–Kier alpha value is -1.26. The monoisotopic (exact) mass is 251 g/mol. The van der Waals surface area contributed by atoms with Crippen molar-refractivity contribution in [2.24, 2.45) is 0 Å². The van der Waals surface area contributed by atoms with Gasteiger partial charge in [0.15, 0.2) is 0 Å². The van der Waals surface area contributed by atoms with Crippen LogP contribution in [0.2, 0.25) is 0 Å². The Bertz CT molecular complexity index is 391. The SMILES string of the molecule is C=CCNC(=O)CSc1cccc(C(C)O)c1. The van der Waals surface area contributed by atoms with Crippen molar-refractivity contribution >= 4 is 17.7 Å². The number of hydrogen-bond acceptors (Lipinski definition) is 3. The second-order valence-electron chi connectivity index (χ2n) is 3.63. The van der Waals surface area contributed by atoms with Crippen LogP contribution >= 0.6 is 11.8 Å². The van der Waals surface area contributed by atoms with E-state index >= 15 is 0 Å². The average Bonchev–Trinajstić information content (AvgIpc) is 2.34. The Balaban J connectivity index is 2.48. The van der Waals surface area contributed by atoms with Crippen molar-refractivity contribution in [3.05, 3.63) is 42.5 Å². The number of benzene rings is 1. The summed E-state index contributed by atoms with van der Waals surface area (Å²) in [6, 6.07) is 7.58. The Morgan fingerprint density at radius 1 is 1.65 bits per heavy atom. The van der Waals surface area contributed by atoms with Gasteiger partial charge < -0.3 is 10.4 Å². The molecule has 92 valence electrons. The summed E-state index contributed by atoms with van der Waals surface area (Å²) >= 11 is 1.45. The van der Waals surface area contributed by atoms with E-state index in [2.05, 4.69) is 11.9 Å². The summed E-state index contributed by atoms with van der Waals surface area (Å²) in [4.78, 5) is 12.3. The minimum atomic E-state index is -0.481. The second-order valence-corrected chi connectivity index (χ2v) is 4.68. The molecule has 0 spiro atoms. The van der Waals surface area contributed by atoms with Gasteiger partial charge in [0.05, 0.1) is 11.9 Å². The lowest BCUT2D eigenvalue weighted by Crippen LogP contribution is -2.24. The van der Waals surface area contributed by atoms with E-state index in [4.69, 9.17) is 0 Å². The highest BCUT2D eigenvalue weighted by molar-refractivity contribution is 8.00. The van der Waals surface area contributed by atoms with Crippen LogP contribution in [0.4, 0.5) is 0 Å². The van der Waals surface area contributed by atoms with Crippen molar-refractivity contribution in [3.8, 4) is 0 Å². The zero-order valence-electron chi connectivity index (χ0n) is 9.85. The molecule has 0 saturated carbocycles. The van der Waals surface area contributed by atoms with Gasteiger partial charge in [0.1, 0.15) is 0 Å². The first-order chi connectivity index (χ1) is 8.13. The summed E-state index contributed by atoms with van der Waals surface area (Å²) in [7, 11) is 0. The van der Waals surface area contributed by atoms with Crippen LogP contribution in [0, 0.1) is 0 Å². The normalized spacial score (nSPS) is 11.9. The predicted molar refractivity (Wildman–Crippen MR) is 71.0 cm³/mol. The van der Waals surface area contributed by atoms with Crippen molar-refractivity contribution in [3.63, 3.8) is 0 Å². The molecule has 1 rings (SSSR count). The highest BCUT2D eigenvalue weighted by Crippen LogP contribution is 2.21. The van der Waals surface area contributed by atoms with E-state index in [1.807, 2.05) is 24.3 Å². The summed E-state index contributed by atoms with van der Waals surface area (Å²) in [6.45, 7) is 5.75. The highest BCUT2D eigenvalue weighted by atomic mass is 32.2. The van der Waals surface area contributed by atoms with Gasteiger partial charge in [-0.3, -0.25) is 4.79 Å². The number of aliphatic hydroxyl groups excluding tert-OH is 1. The molecule has 1 atom stereocenters. The third-order valence-corrected chi connectivity index (χ3v) is 3.15. The largest absolute Gasteiger partial charge is 0.389 e. The summed E-state index contributed by atoms with van der Waals surface area (Å²) in [5.41, 5.74) is 0.862. The smallest absolute Gasteiger partial charge is 0.230 e. The van der Waals surface area contributed by atoms with Gasteiger partial charge in [-0.25, -0.2) is 0 Å². The molecule has 1 aromatic rings. The molecule has 1 amide bonds. The highest BCUT2D eigenvalue weighted by Gasteiger charge is 2.04. The van der Waals surface area contributed by atoms with Gasteiger partial charge in [-0.15, -0.1) is 18.3 Å². The number of hydrogen-bond donors (Lipinski definition) is 2. The van der Waals surface area contributed by atoms with Crippen LogP contribution in [-0.2, 0) is 4.79 Å². The molecule has 0 fully saturated rings. The molecule has 0 saturated heterocycles. The lowest BCUT2D eigenvalue weighted by Gasteiger charge is -2.07. The van der Waals surface area contributed by atoms with Gasteiger partial charge in [-0.05, 0) is 24.6 Å². The summed E-state index contributed by atoms with van der Waals surface area (Å²) < 4.78 is 0. The van der Waals surface area contributed by atoms with Crippen molar-refractivity contribution in [2.45, 2.75) is 17.9 Å². The Morgan fingerprint density at radius 2 is 2.41 bits per heavy atom. The van der Waals surface area contributed by atoms with Crippen LogP contribution < -0.4 is 5.32 Å². The van der Waals surface area contributed by atoms with E-state index in [1.165, 1.54) is 11.8 Å². The first-order valence-electron chi connectivity index (χ1n) is 5.42. The molecule has 17 heavy (non-hydrogen) atoms. The first kappa shape index (κ1) is 13.8. The third-order valence-electron chi connectivity index (χ3n) is 2.15. The van der Waals surface area contributed by atoms with Crippen LogP contribution in [0.15, 0.2) is 41.8 Å². The lowest BCUT2D eigenvalue weighted by atomic mass is 10.1. The van der Waals surface area contributed by atoms with Gasteiger partial charge in [-0.1, -0.05) is 18.2 Å². The van der Waals surface area contributed by atoms with Crippen molar-refractivity contribution in [1.82, 2.24) is 5.32 Å². The number of aliphatic hydroxyl groups is 1. The standard InChI is InChI=1S/C13H17NO2S/c1-3-7-14-13(16)9-17-12-6-4-5-11(8-12)10(2)15/h3-6,8,10,15H,1,7,9H2,2H3,(H,14,16). The average molecular weight is 251 g/mol. The number of carbonyl (C=O) groups is 1. The van der Waals surface area contributed by atoms with Crippen LogP contribution in [0.1, 0.15) is 18.6 Å². The van der Waals surface area contributed by atoms with Crippen LogP contribution in [0.5, 0.6) is 0 Å². The van der Waals surface area contributed by atoms with Crippen molar-refractivity contribution in [1.29, 1.82) is 0 Å². The van der Waals surface area contributed by atoms with Crippen LogP contribution in [-0.4, -0.2) is 23.3 Å². The van der Waals surface area contributed by atoms with Crippen LogP contribution in [0.25, 0.3) is 0 Å². The van der Waals surface area contributed by atoms with E-state index < -0.39 is 6.10 Å². The summed E-state index contributed by atoms with van der Waals surface area (Å²) in [5, 5.41) is 12.2. The maximum Gasteiger partial charge on any atom is 0.230 e. The summed E-state index contributed by atoms with van der Waals surface area (Å²) in [5.74, 6) is 0.356. The number of carbonyl (C=O) groups excluding carboxylic acids is 1. The van der Waals surface area contributed by atoms with E-state index in [-0.39, 0.29) is 5.91 Å². The number of rotatable bonds is 6. The molecular formula is C13H17NO2S. The Morgan fingerprint density at radius 3 is 3.06 bits per heavy atom. The lowest BCUT2D eigenvalue weighted by molar-refractivity contribution is -0.118. The third kappa shape index (κ3) is 5.06. The molecule has 0 bridgehead atoms. The fourth-order valence-electron chi connectivity index (χ4n) is 1.25. The fourth-order valence-corrected chi connectivity index (χ4v) is 2.04. The Kier molecular flexibility index (Phi) is 5.80. The molecule has 1 unspecified atom stereocenters. The van der Waals surface area contributed by atoms with E-state index in [1.54, 1.807) is 13.0 Å². The molecule has 3 nitrogen and oxygen atoms in total. The van der Waals surface area contributed by atoms with Gasteiger partial charge in [-0.2, -0.15) is 0 Å². The maximum absolute atomic E-state index is 11.4. The zero-order valence-corrected chi connectivity index (χ0v) is 10.7. The van der Waals surface area contributed by atoms with Crippen LogP contribution in [0.3, 0.4) is 0 Å². The van der Waals surface area contributed by atoms with Crippen molar-refractivity contribution in [2.75, 3.05) is 12.3 Å². The topological polar surface area (TPSA) is 49.3 Å². The number of nitrogens with one attached hydrogen (secondary N) is 1. The van der Waals surface area contributed by atoms with Crippen molar-refractivity contribution < 1.29 is 9.90 Å². The minimum absolute atomic E-state index is 0.0163. The fraction of sp³-hybridized carbons (Fsp3) is 0.308. The quantitative estimate of drug-likeness (QED) is 0.601. The first-order valence-corrected chi connectivity index (χ1v) is 6.40. The minimum Gasteiger partial charge on any atom is -0.389 e. The molecule has 0 aliphatic heterocycles. The second kappa shape index (κ2) is 7.14. The predicted octanol–water partition coefficient (Wildman–Crippen LogP) is 2.13. The molecule has 0 aromatic heterocycles. The van der Waals surface area contributed by atoms with E-state index in [0.717, 1.165) is 10.5 Å². The van der Waals surface area contributed by atoms with E-state index in [0.29, 0.717) is 12.3 Å². The maximum atomic E-state index is 11.4. The molecule has 4 heteroatoms. The van der Waals surface area contributed by atoms with Gasteiger partial charge in [0.25, 0.3) is 0 Å². The molecule has 1 aromatic carbocycles. The van der Waals surface area contributed by atoms with Gasteiger partial charge in [0.2, 0.25) is 5.91 Å². The van der Waals surface area contributed by atoms with Gasteiger partial charge >= 0.3 is 0 Å². The molecule has 0 heterocycles. The zero-order chi connectivity index (χ0) is 12.7. The molecule has 0 radical (unpaired) electrons. The van der Waals surface area contributed by atoms with Gasteiger partial charge in [0, 0.05) is 11.4 Å². The number of amides is 1. The molecular weight excluding hydrogens is 234 g/mol. The molecule has 2 N–H and O–H groups in total.